The molecule has 0 aliphatic heterocycles. The van der Waals surface area contributed by atoms with Crippen molar-refractivity contribution < 1.29 is 4.74 Å². The van der Waals surface area contributed by atoms with E-state index in [0.717, 1.165) is 58.0 Å². The van der Waals surface area contributed by atoms with Crippen LogP contribution in [0.4, 0.5) is 0 Å². The lowest BCUT2D eigenvalue weighted by Gasteiger charge is -2.62. The fourth-order valence-electron chi connectivity index (χ4n) is 11.0. The van der Waals surface area contributed by atoms with Crippen molar-refractivity contribution >= 4 is 21.8 Å². The van der Waals surface area contributed by atoms with E-state index in [-0.39, 0.29) is 5.41 Å². The SMILES string of the molecule is c1ccc(Cn2ccc(-c3cccc(Oc4ccc5c6ccccc6n(-c6cc(C7(c8ccccc8)C8CC9CC(C8)CC7C9)ccn6)c5c4)c3)n2)cc1. The second kappa shape index (κ2) is 12.6. The average molecular weight is 703 g/mol. The van der Waals surface area contributed by atoms with Crippen LogP contribution in [0.15, 0.2) is 158 Å². The van der Waals surface area contributed by atoms with Gasteiger partial charge < -0.3 is 4.74 Å². The summed E-state index contributed by atoms with van der Waals surface area (Å²) in [6, 6.07) is 52.1. The molecule has 3 aromatic heterocycles. The lowest BCUT2D eigenvalue weighted by atomic mass is 9.42. The smallest absolute Gasteiger partial charge is 0.137 e. The van der Waals surface area contributed by atoms with E-state index < -0.39 is 0 Å². The van der Waals surface area contributed by atoms with Crippen LogP contribution in [-0.2, 0) is 12.0 Å². The predicted octanol–water partition coefficient (Wildman–Crippen LogP) is 11.6. The first-order valence-electron chi connectivity index (χ1n) is 19.6. The van der Waals surface area contributed by atoms with Crippen LogP contribution in [0.1, 0.15) is 48.8 Å². The number of hydrogen-bond acceptors (Lipinski definition) is 3. The van der Waals surface area contributed by atoms with Gasteiger partial charge >= 0.3 is 0 Å². The van der Waals surface area contributed by atoms with Crippen LogP contribution < -0.4 is 4.74 Å². The fourth-order valence-corrected chi connectivity index (χ4v) is 11.0. The van der Waals surface area contributed by atoms with Crippen molar-refractivity contribution in [3.05, 3.63) is 175 Å². The number of para-hydroxylation sites is 1. The number of benzene rings is 5. The Kier molecular flexibility index (Phi) is 7.36. The van der Waals surface area contributed by atoms with Crippen molar-refractivity contribution in [1.82, 2.24) is 19.3 Å². The number of pyridine rings is 1. The molecule has 8 aromatic rings. The molecular weight excluding hydrogens is 661 g/mol. The number of rotatable bonds is 8. The molecule has 5 heteroatoms. The van der Waals surface area contributed by atoms with Crippen LogP contribution in [0.5, 0.6) is 11.5 Å². The Labute approximate surface area is 315 Å². The number of nitrogens with zero attached hydrogens (tertiary/aromatic N) is 4. The van der Waals surface area contributed by atoms with Crippen LogP contribution in [-0.4, -0.2) is 19.3 Å². The van der Waals surface area contributed by atoms with Crippen LogP contribution >= 0.6 is 0 Å². The Morgan fingerprint density at radius 3 is 2.13 bits per heavy atom. The molecule has 4 aliphatic carbocycles. The summed E-state index contributed by atoms with van der Waals surface area (Å²) in [5.41, 5.74) is 8.34. The monoisotopic (exact) mass is 702 g/mol. The summed E-state index contributed by atoms with van der Waals surface area (Å²) in [6.45, 7) is 0.734. The summed E-state index contributed by atoms with van der Waals surface area (Å²) in [5, 5.41) is 7.28. The Morgan fingerprint density at radius 1 is 0.593 bits per heavy atom. The van der Waals surface area contributed by atoms with E-state index in [0.29, 0.717) is 11.8 Å². The van der Waals surface area contributed by atoms with Gasteiger partial charge in [-0.15, -0.1) is 0 Å². The van der Waals surface area contributed by atoms with E-state index in [2.05, 4.69) is 138 Å². The molecule has 0 spiro atoms. The van der Waals surface area contributed by atoms with Gasteiger partial charge in [0.2, 0.25) is 0 Å². The van der Waals surface area contributed by atoms with Crippen LogP contribution in [0.2, 0.25) is 0 Å². The maximum atomic E-state index is 6.63. The van der Waals surface area contributed by atoms with Gasteiger partial charge in [0, 0.05) is 40.2 Å². The molecule has 264 valence electrons. The van der Waals surface area contributed by atoms with Gasteiger partial charge in [-0.3, -0.25) is 9.25 Å². The van der Waals surface area contributed by atoms with Crippen molar-refractivity contribution in [2.24, 2.45) is 23.7 Å². The highest BCUT2D eigenvalue weighted by atomic mass is 16.5. The molecule has 4 saturated carbocycles. The molecule has 0 radical (unpaired) electrons. The van der Waals surface area contributed by atoms with Gasteiger partial charge in [-0.1, -0.05) is 91.0 Å². The average Bonchev–Trinajstić information content (AvgIpc) is 3.81. The highest BCUT2D eigenvalue weighted by Crippen LogP contribution is 2.65. The van der Waals surface area contributed by atoms with E-state index in [4.69, 9.17) is 14.8 Å². The summed E-state index contributed by atoms with van der Waals surface area (Å²) in [5.74, 6) is 5.64. The molecular formula is C49H42N4O. The Bertz CT molecular complexity index is 2610. The summed E-state index contributed by atoms with van der Waals surface area (Å²) in [7, 11) is 0. The van der Waals surface area contributed by atoms with Gasteiger partial charge in [-0.05, 0) is 121 Å². The summed E-state index contributed by atoms with van der Waals surface area (Å²) in [4.78, 5) is 5.12. The highest BCUT2D eigenvalue weighted by Gasteiger charge is 2.58. The van der Waals surface area contributed by atoms with Crippen molar-refractivity contribution in [3.63, 3.8) is 0 Å². The van der Waals surface area contributed by atoms with Gasteiger partial charge in [-0.25, -0.2) is 4.98 Å². The van der Waals surface area contributed by atoms with Crippen molar-refractivity contribution in [2.45, 2.75) is 44.1 Å². The molecule has 0 N–H and O–H groups in total. The molecule has 0 unspecified atom stereocenters. The minimum atomic E-state index is 0.0157. The zero-order valence-electron chi connectivity index (χ0n) is 30.3. The van der Waals surface area contributed by atoms with E-state index in [1.807, 2.05) is 29.1 Å². The van der Waals surface area contributed by atoms with Crippen LogP contribution in [0.25, 0.3) is 38.9 Å². The number of fused-ring (bicyclic) bond motifs is 3. The quantitative estimate of drug-likeness (QED) is 0.158. The normalized spacial score (nSPS) is 23.0. The van der Waals surface area contributed by atoms with Gasteiger partial charge in [-0.2, -0.15) is 5.10 Å². The summed E-state index contributed by atoms with van der Waals surface area (Å²) in [6.07, 6.45) is 10.9. The van der Waals surface area contributed by atoms with E-state index >= 15 is 0 Å². The second-order valence-corrected chi connectivity index (χ2v) is 16.0. The van der Waals surface area contributed by atoms with Gasteiger partial charge in [0.1, 0.15) is 17.3 Å². The molecule has 54 heavy (non-hydrogen) atoms. The maximum absolute atomic E-state index is 6.63. The van der Waals surface area contributed by atoms with E-state index in [1.165, 1.54) is 59.6 Å². The number of aromatic nitrogens is 4. The van der Waals surface area contributed by atoms with Crippen molar-refractivity contribution in [3.8, 4) is 28.6 Å². The summed E-state index contributed by atoms with van der Waals surface area (Å²) < 4.78 is 11.0. The third-order valence-electron chi connectivity index (χ3n) is 13.0. The molecule has 0 amide bonds. The molecule has 0 saturated heterocycles. The lowest BCUT2D eigenvalue weighted by molar-refractivity contribution is -0.0418. The molecule has 5 aromatic carbocycles. The molecule has 5 nitrogen and oxygen atoms in total. The predicted molar refractivity (Wildman–Crippen MR) is 216 cm³/mol. The zero-order valence-corrected chi connectivity index (χ0v) is 30.3. The molecule has 3 heterocycles. The molecule has 4 fully saturated rings. The minimum Gasteiger partial charge on any atom is -0.457 e. The second-order valence-electron chi connectivity index (χ2n) is 16.0. The maximum Gasteiger partial charge on any atom is 0.137 e. The standard InChI is InChI=1S/C49H42N4O/c1-3-10-33(11-4-1)32-52-23-21-45(51-52)36-12-9-15-41(29-36)54-42-18-19-44-43-16-7-8-17-46(43)53(47(44)31-42)48-30-38(20-22-50-48)49(37-13-5-2-6-14-37)39-25-34-24-35(27-39)28-40(49)26-34/h1-23,29-31,34-35,39-40H,24-28,32H2. The highest BCUT2D eigenvalue weighted by molar-refractivity contribution is 6.09. The third-order valence-corrected chi connectivity index (χ3v) is 13.0. The summed E-state index contributed by atoms with van der Waals surface area (Å²) >= 11 is 0. The zero-order chi connectivity index (χ0) is 35.6. The fraction of sp³-hybridized carbons (Fsp3) is 0.224. The first-order chi connectivity index (χ1) is 26.7. The number of ether oxygens (including phenoxy) is 1. The molecule has 4 bridgehead atoms. The Morgan fingerprint density at radius 2 is 1.31 bits per heavy atom. The number of hydrogen-bond donors (Lipinski definition) is 0. The van der Waals surface area contributed by atoms with Crippen molar-refractivity contribution in [1.29, 1.82) is 0 Å². The van der Waals surface area contributed by atoms with Gasteiger partial charge in [0.05, 0.1) is 23.3 Å². The van der Waals surface area contributed by atoms with E-state index in [1.54, 1.807) is 0 Å². The molecule has 12 rings (SSSR count). The first-order valence-corrected chi connectivity index (χ1v) is 19.6. The third kappa shape index (κ3) is 5.13. The molecule has 0 atom stereocenters. The van der Waals surface area contributed by atoms with Crippen LogP contribution in [0.3, 0.4) is 0 Å². The van der Waals surface area contributed by atoms with Crippen molar-refractivity contribution in [2.75, 3.05) is 0 Å². The Balaban J connectivity index is 0.974. The Hall–Kier alpha value is -5.94. The van der Waals surface area contributed by atoms with Gasteiger partial charge in [0.25, 0.3) is 0 Å². The minimum absolute atomic E-state index is 0.0157. The van der Waals surface area contributed by atoms with Gasteiger partial charge in [0.15, 0.2) is 0 Å². The van der Waals surface area contributed by atoms with Crippen LogP contribution in [0, 0.1) is 23.7 Å². The first kappa shape index (κ1) is 31.6. The largest absolute Gasteiger partial charge is 0.457 e. The van der Waals surface area contributed by atoms with E-state index in [9.17, 15) is 0 Å². The molecule has 4 aliphatic rings. The lowest BCUT2D eigenvalue weighted by Crippen LogP contribution is -2.56. The topological polar surface area (TPSA) is 44.9 Å².